The van der Waals surface area contributed by atoms with E-state index >= 15 is 0 Å². The molecule has 0 bridgehead atoms. The molecule has 5 heteroatoms. The van der Waals surface area contributed by atoms with E-state index in [0.29, 0.717) is 12.2 Å². The molecule has 1 atom stereocenters. The molecule has 1 unspecified atom stereocenters. The number of phenols is 1. The van der Waals surface area contributed by atoms with Gasteiger partial charge in [-0.3, -0.25) is 4.98 Å². The van der Waals surface area contributed by atoms with Crippen LogP contribution in [-0.2, 0) is 11.0 Å². The predicted octanol–water partition coefficient (Wildman–Crippen LogP) is 5.88. The van der Waals surface area contributed by atoms with Crippen molar-refractivity contribution in [3.63, 3.8) is 0 Å². The van der Waals surface area contributed by atoms with Crippen LogP contribution in [0, 0.1) is 13.8 Å². The van der Waals surface area contributed by atoms with Gasteiger partial charge in [-0.05, 0) is 49.1 Å². The van der Waals surface area contributed by atoms with Gasteiger partial charge < -0.3 is 14.4 Å². The van der Waals surface area contributed by atoms with Gasteiger partial charge in [-0.1, -0.05) is 39.8 Å². The first-order valence-corrected chi connectivity index (χ1v) is 11.4. The molecule has 0 aliphatic rings. The van der Waals surface area contributed by atoms with Crippen LogP contribution in [-0.4, -0.2) is 28.5 Å². The van der Waals surface area contributed by atoms with Gasteiger partial charge in [0.05, 0.1) is 14.3 Å². The number of aromatic nitrogens is 1. The van der Waals surface area contributed by atoms with Crippen LogP contribution in [0.2, 0.25) is 0 Å². The summed E-state index contributed by atoms with van der Waals surface area (Å²) in [5, 5.41) is 10.2. The van der Waals surface area contributed by atoms with Gasteiger partial charge in [0.15, 0.2) is 11.5 Å². The molecule has 1 N–H and O–H groups in total. The first-order valence-electron chi connectivity index (χ1n) is 9.49. The van der Waals surface area contributed by atoms with Crippen molar-refractivity contribution in [2.45, 2.75) is 64.9 Å². The van der Waals surface area contributed by atoms with Gasteiger partial charge in [0, 0.05) is 28.9 Å². The molecule has 2 aromatic rings. The molecule has 4 nitrogen and oxygen atoms in total. The molecule has 1 aromatic carbocycles. The summed E-state index contributed by atoms with van der Waals surface area (Å²) in [4.78, 5) is 4.41. The Kier molecular flexibility index (Phi) is 6.75. The van der Waals surface area contributed by atoms with Crippen LogP contribution < -0.4 is 4.74 Å². The maximum absolute atomic E-state index is 14.3. The van der Waals surface area contributed by atoms with Crippen molar-refractivity contribution < 1.29 is 14.4 Å². The number of benzene rings is 1. The third kappa shape index (κ3) is 4.38. The number of rotatable bonds is 7. The topological polar surface area (TPSA) is 59.4 Å². The molecule has 0 aliphatic carbocycles. The largest absolute Gasteiger partial charge is 0.504 e. The number of hydrogen-bond donors (Lipinski definition) is 1. The minimum atomic E-state index is -2.60. The predicted molar refractivity (Wildman–Crippen MR) is 113 cm³/mol. The van der Waals surface area contributed by atoms with Crippen molar-refractivity contribution in [3.05, 3.63) is 52.8 Å². The van der Waals surface area contributed by atoms with E-state index in [4.69, 9.17) is 4.74 Å². The zero-order valence-electron chi connectivity index (χ0n) is 17.5. The van der Waals surface area contributed by atoms with Crippen LogP contribution in [0.1, 0.15) is 55.7 Å². The Balaban J connectivity index is 2.64. The summed E-state index contributed by atoms with van der Waals surface area (Å²) in [7, 11) is -1.06. The van der Waals surface area contributed by atoms with E-state index in [9.17, 15) is 9.67 Å². The molecule has 27 heavy (non-hydrogen) atoms. The Morgan fingerprint density at radius 1 is 1.11 bits per heavy atom. The number of aryl methyl sites for hydroxylation is 2. The lowest BCUT2D eigenvalue weighted by atomic mass is 10.0. The number of pyridine rings is 1. The molecule has 1 heterocycles. The van der Waals surface area contributed by atoms with E-state index in [1.54, 1.807) is 7.11 Å². The molecule has 0 aliphatic heterocycles. The van der Waals surface area contributed by atoms with Crippen molar-refractivity contribution in [2.24, 2.45) is 0 Å². The summed E-state index contributed by atoms with van der Waals surface area (Å²) < 4.78 is 19.6. The third-order valence-electron chi connectivity index (χ3n) is 5.40. The Hall–Kier alpha value is -1.80. The second-order valence-corrected chi connectivity index (χ2v) is 12.1. The van der Waals surface area contributed by atoms with E-state index in [-0.39, 0.29) is 22.7 Å². The van der Waals surface area contributed by atoms with E-state index in [1.165, 1.54) is 0 Å². The number of hydrogen-bond acceptors (Lipinski definition) is 4. The Morgan fingerprint density at radius 3 is 2.22 bits per heavy atom. The monoisotopic (exact) mass is 389 g/mol. The lowest BCUT2D eigenvalue weighted by molar-refractivity contribution is 0.371. The molecule has 0 spiro atoms. The highest BCUT2D eigenvalue weighted by atomic mass is 31.2. The number of ether oxygens (including phenoxy) is 1. The summed E-state index contributed by atoms with van der Waals surface area (Å²) in [5.74, 6) is 0.567. The van der Waals surface area contributed by atoms with Gasteiger partial charge in [0.2, 0.25) is 0 Å². The fourth-order valence-electron chi connectivity index (χ4n) is 3.77. The highest BCUT2D eigenvalue weighted by molar-refractivity contribution is 7.65. The molecule has 1 aromatic heterocycles. The van der Waals surface area contributed by atoms with Crippen LogP contribution in [0.3, 0.4) is 0 Å². The lowest BCUT2D eigenvalue weighted by Gasteiger charge is -2.35. The standard InChI is InChI=1S/C22H32NO3P/c1-14(2)27(25,15(3)4)21(11-18-9-8-17(6)23-13-18)19-10-16(5)22(24)20(12-19)26-7/h8-10,12-15,21,24H,11H2,1-7H3. The Bertz CT molecular complexity index is 816. The molecule has 0 radical (unpaired) electrons. The summed E-state index contributed by atoms with van der Waals surface area (Å²) in [6.07, 6.45) is 2.52. The van der Waals surface area contributed by atoms with Gasteiger partial charge in [0.25, 0.3) is 0 Å². The van der Waals surface area contributed by atoms with Crippen molar-refractivity contribution in [1.82, 2.24) is 4.98 Å². The van der Waals surface area contributed by atoms with Gasteiger partial charge >= 0.3 is 0 Å². The number of methoxy groups -OCH3 is 1. The van der Waals surface area contributed by atoms with Gasteiger partial charge in [0.1, 0.15) is 0 Å². The van der Waals surface area contributed by atoms with Crippen LogP contribution in [0.5, 0.6) is 11.5 Å². The Morgan fingerprint density at radius 2 is 1.74 bits per heavy atom. The van der Waals surface area contributed by atoms with E-state index in [0.717, 1.165) is 22.4 Å². The summed E-state index contributed by atoms with van der Waals surface area (Å²) >= 11 is 0. The zero-order valence-corrected chi connectivity index (χ0v) is 18.4. The fraction of sp³-hybridized carbons (Fsp3) is 0.500. The maximum Gasteiger partial charge on any atom is 0.161 e. The zero-order chi connectivity index (χ0) is 20.4. The van der Waals surface area contributed by atoms with Crippen molar-refractivity contribution in [3.8, 4) is 11.5 Å². The number of phenolic OH excluding ortho intramolecular Hbond substituents is 1. The highest BCUT2D eigenvalue weighted by Crippen LogP contribution is 2.67. The summed E-state index contributed by atoms with van der Waals surface area (Å²) in [6.45, 7) is 12.0. The number of aromatic hydroxyl groups is 1. The molecule has 2 rings (SSSR count). The normalized spacial score (nSPS) is 13.2. The quantitative estimate of drug-likeness (QED) is 0.601. The third-order valence-corrected chi connectivity index (χ3v) is 10.1. The number of nitrogens with zero attached hydrogens (tertiary/aromatic N) is 1. The average molecular weight is 389 g/mol. The maximum atomic E-state index is 14.3. The first kappa shape index (κ1) is 21.5. The molecule has 0 saturated heterocycles. The van der Waals surface area contributed by atoms with Crippen molar-refractivity contribution in [1.29, 1.82) is 0 Å². The highest BCUT2D eigenvalue weighted by Gasteiger charge is 2.40. The first-order chi connectivity index (χ1) is 12.6. The van der Waals surface area contributed by atoms with Crippen LogP contribution in [0.4, 0.5) is 0 Å². The van der Waals surface area contributed by atoms with Gasteiger partial charge in [-0.25, -0.2) is 0 Å². The van der Waals surface area contributed by atoms with Crippen LogP contribution in [0.15, 0.2) is 30.5 Å². The van der Waals surface area contributed by atoms with Crippen molar-refractivity contribution >= 4 is 7.14 Å². The second kappa shape index (κ2) is 8.48. The van der Waals surface area contributed by atoms with E-state index in [2.05, 4.69) is 11.1 Å². The second-order valence-electron chi connectivity index (χ2n) is 7.87. The van der Waals surface area contributed by atoms with Gasteiger partial charge in [-0.15, -0.1) is 0 Å². The molecular weight excluding hydrogens is 357 g/mol. The molecule has 0 amide bonds. The molecular formula is C22H32NO3P. The molecule has 0 fully saturated rings. The van der Waals surface area contributed by atoms with E-state index in [1.807, 2.05) is 65.9 Å². The van der Waals surface area contributed by atoms with Crippen molar-refractivity contribution in [2.75, 3.05) is 7.11 Å². The smallest absolute Gasteiger partial charge is 0.161 e. The van der Waals surface area contributed by atoms with Gasteiger partial charge in [-0.2, -0.15) is 0 Å². The molecule has 148 valence electrons. The van der Waals surface area contributed by atoms with Crippen LogP contribution in [0.25, 0.3) is 0 Å². The van der Waals surface area contributed by atoms with E-state index < -0.39 is 7.14 Å². The average Bonchev–Trinajstić information content (AvgIpc) is 2.62. The summed E-state index contributed by atoms with van der Waals surface area (Å²) in [6, 6.07) is 7.84. The minimum absolute atomic E-state index is 0.0565. The minimum Gasteiger partial charge on any atom is -0.504 e. The molecule has 0 saturated carbocycles. The Labute approximate surface area is 163 Å². The lowest BCUT2D eigenvalue weighted by Crippen LogP contribution is -2.18. The SMILES string of the molecule is COc1cc(C(Cc2ccc(C)nc2)P(=O)(C(C)C)C(C)C)cc(C)c1O. The summed E-state index contributed by atoms with van der Waals surface area (Å²) in [5.41, 5.74) is 3.67. The van der Waals surface area contributed by atoms with Crippen LogP contribution >= 0.6 is 7.14 Å². The fourth-order valence-corrected chi connectivity index (χ4v) is 7.52.